The molecular weight excluding hydrogens is 268 g/mol. The monoisotopic (exact) mass is 294 g/mol. The zero-order valence-corrected chi connectivity index (χ0v) is 13.4. The molecule has 1 aromatic rings. The van der Waals surface area contributed by atoms with Crippen molar-refractivity contribution in [3.05, 3.63) is 33.9 Å². The molecule has 0 radical (unpaired) electrons. The molecule has 0 fully saturated rings. The van der Waals surface area contributed by atoms with E-state index in [1.165, 1.54) is 7.11 Å². The predicted octanol–water partition coefficient (Wildman–Crippen LogP) is 3.56. The third-order valence-electron chi connectivity index (χ3n) is 3.65. The van der Waals surface area contributed by atoms with Crippen LogP contribution in [-0.2, 0) is 6.42 Å². The quantitative estimate of drug-likeness (QED) is 0.558. The van der Waals surface area contributed by atoms with Gasteiger partial charge in [0.15, 0.2) is 5.75 Å². The summed E-state index contributed by atoms with van der Waals surface area (Å²) in [4.78, 5) is 10.6. The standard InChI is InChI=1S/C16H26N2O3/c1-5-10-17-14(12(2)3)8-6-13-7-9-16(21-4)15(11-13)18(19)20/h7,9,11-12,14,17H,5-6,8,10H2,1-4H3. The van der Waals surface area contributed by atoms with Gasteiger partial charge in [0, 0.05) is 12.1 Å². The molecule has 0 amide bonds. The first-order valence-corrected chi connectivity index (χ1v) is 7.54. The Morgan fingerprint density at radius 1 is 1.38 bits per heavy atom. The maximum absolute atomic E-state index is 11.0. The van der Waals surface area contributed by atoms with E-state index in [9.17, 15) is 10.1 Å². The van der Waals surface area contributed by atoms with Gasteiger partial charge in [-0.1, -0.05) is 26.8 Å². The van der Waals surface area contributed by atoms with Crippen molar-refractivity contribution in [1.29, 1.82) is 0 Å². The molecule has 1 unspecified atom stereocenters. The van der Waals surface area contributed by atoms with Crippen molar-refractivity contribution in [2.45, 2.75) is 46.1 Å². The molecule has 0 saturated heterocycles. The first kappa shape index (κ1) is 17.4. The number of methoxy groups -OCH3 is 1. The maximum atomic E-state index is 11.0. The zero-order chi connectivity index (χ0) is 15.8. The molecule has 1 rings (SSSR count). The van der Waals surface area contributed by atoms with E-state index in [1.54, 1.807) is 12.1 Å². The topological polar surface area (TPSA) is 64.4 Å². The van der Waals surface area contributed by atoms with Gasteiger partial charge in [-0.3, -0.25) is 10.1 Å². The minimum Gasteiger partial charge on any atom is -0.490 e. The molecule has 0 aliphatic heterocycles. The summed E-state index contributed by atoms with van der Waals surface area (Å²) in [6, 6.07) is 5.64. The second-order valence-corrected chi connectivity index (χ2v) is 5.61. The number of hydrogen-bond acceptors (Lipinski definition) is 4. The van der Waals surface area contributed by atoms with Gasteiger partial charge >= 0.3 is 5.69 Å². The average molecular weight is 294 g/mol. The van der Waals surface area contributed by atoms with Gasteiger partial charge in [0.05, 0.1) is 12.0 Å². The highest BCUT2D eigenvalue weighted by molar-refractivity contribution is 5.48. The lowest BCUT2D eigenvalue weighted by Gasteiger charge is -2.22. The number of nitrogens with zero attached hydrogens (tertiary/aromatic N) is 1. The van der Waals surface area contributed by atoms with Gasteiger partial charge in [0.2, 0.25) is 0 Å². The first-order valence-electron chi connectivity index (χ1n) is 7.54. The number of benzene rings is 1. The van der Waals surface area contributed by atoms with Crippen molar-refractivity contribution in [2.75, 3.05) is 13.7 Å². The highest BCUT2D eigenvalue weighted by Crippen LogP contribution is 2.28. The molecule has 1 N–H and O–H groups in total. The Labute approximate surface area is 126 Å². The van der Waals surface area contributed by atoms with Gasteiger partial charge in [0.1, 0.15) is 0 Å². The van der Waals surface area contributed by atoms with E-state index in [2.05, 4.69) is 26.1 Å². The first-order chi connectivity index (χ1) is 9.99. The SMILES string of the molecule is CCCNC(CCc1ccc(OC)c([N+](=O)[O-])c1)C(C)C. The van der Waals surface area contributed by atoms with E-state index >= 15 is 0 Å². The van der Waals surface area contributed by atoms with Crippen LogP contribution in [0.1, 0.15) is 39.2 Å². The number of rotatable bonds is 9. The summed E-state index contributed by atoms with van der Waals surface area (Å²) in [5, 5.41) is 14.6. The van der Waals surface area contributed by atoms with E-state index in [-0.39, 0.29) is 5.69 Å². The minimum atomic E-state index is -0.391. The fourth-order valence-electron chi connectivity index (χ4n) is 2.36. The molecule has 0 aromatic heterocycles. The summed E-state index contributed by atoms with van der Waals surface area (Å²) in [5.41, 5.74) is 1.02. The van der Waals surface area contributed by atoms with Crippen LogP contribution in [0.4, 0.5) is 5.69 Å². The van der Waals surface area contributed by atoms with E-state index < -0.39 is 4.92 Å². The lowest BCUT2D eigenvalue weighted by Crippen LogP contribution is -2.34. The fraction of sp³-hybridized carbons (Fsp3) is 0.625. The van der Waals surface area contributed by atoms with Crippen LogP contribution in [0.25, 0.3) is 0 Å². The van der Waals surface area contributed by atoms with Crippen molar-refractivity contribution in [1.82, 2.24) is 5.32 Å². The van der Waals surface area contributed by atoms with Crippen LogP contribution >= 0.6 is 0 Å². The number of hydrogen-bond donors (Lipinski definition) is 1. The Morgan fingerprint density at radius 2 is 2.10 bits per heavy atom. The summed E-state index contributed by atoms with van der Waals surface area (Å²) in [6.07, 6.45) is 2.91. The van der Waals surface area contributed by atoms with Gasteiger partial charge < -0.3 is 10.1 Å². The van der Waals surface area contributed by atoms with Gasteiger partial charge in [-0.05, 0) is 43.4 Å². The molecule has 1 atom stereocenters. The molecule has 1 aromatic carbocycles. The molecule has 0 aliphatic rings. The van der Waals surface area contributed by atoms with Crippen LogP contribution in [0.5, 0.6) is 5.75 Å². The fourth-order valence-corrected chi connectivity index (χ4v) is 2.36. The molecule has 0 bridgehead atoms. The number of ether oxygens (including phenoxy) is 1. The number of nitrogens with one attached hydrogen (secondary N) is 1. The Kier molecular flexibility index (Phi) is 7.15. The summed E-state index contributed by atoms with van der Waals surface area (Å²) < 4.78 is 5.02. The van der Waals surface area contributed by atoms with Crippen LogP contribution in [0, 0.1) is 16.0 Å². The summed E-state index contributed by atoms with van der Waals surface area (Å²) in [6.45, 7) is 7.55. The normalized spacial score (nSPS) is 12.4. The smallest absolute Gasteiger partial charge is 0.311 e. The third kappa shape index (κ3) is 5.34. The Bertz CT molecular complexity index is 461. The van der Waals surface area contributed by atoms with Crippen molar-refractivity contribution in [3.63, 3.8) is 0 Å². The summed E-state index contributed by atoms with van der Waals surface area (Å²) >= 11 is 0. The van der Waals surface area contributed by atoms with Gasteiger partial charge in [-0.25, -0.2) is 0 Å². The van der Waals surface area contributed by atoms with Crippen molar-refractivity contribution < 1.29 is 9.66 Å². The molecule has 21 heavy (non-hydrogen) atoms. The molecule has 0 saturated carbocycles. The van der Waals surface area contributed by atoms with E-state index in [0.717, 1.165) is 31.4 Å². The minimum absolute atomic E-state index is 0.0395. The zero-order valence-electron chi connectivity index (χ0n) is 13.4. The second-order valence-electron chi connectivity index (χ2n) is 5.61. The van der Waals surface area contributed by atoms with Crippen LogP contribution < -0.4 is 10.1 Å². The predicted molar refractivity (Wildman–Crippen MR) is 84.9 cm³/mol. The third-order valence-corrected chi connectivity index (χ3v) is 3.65. The second kappa shape index (κ2) is 8.62. The lowest BCUT2D eigenvalue weighted by atomic mass is 9.96. The van der Waals surface area contributed by atoms with Crippen molar-refractivity contribution in [2.24, 2.45) is 5.92 Å². The van der Waals surface area contributed by atoms with Crippen LogP contribution in [0.2, 0.25) is 0 Å². The average Bonchev–Trinajstić information content (AvgIpc) is 2.46. The molecule has 118 valence electrons. The van der Waals surface area contributed by atoms with E-state index in [4.69, 9.17) is 4.74 Å². The van der Waals surface area contributed by atoms with Crippen molar-refractivity contribution >= 4 is 5.69 Å². The Morgan fingerprint density at radius 3 is 2.62 bits per heavy atom. The highest BCUT2D eigenvalue weighted by atomic mass is 16.6. The number of nitro groups is 1. The maximum Gasteiger partial charge on any atom is 0.311 e. The molecular formula is C16H26N2O3. The molecule has 0 spiro atoms. The van der Waals surface area contributed by atoms with Crippen LogP contribution in [0.15, 0.2) is 18.2 Å². The number of nitro benzene ring substituents is 1. The molecule has 5 nitrogen and oxygen atoms in total. The molecule has 5 heteroatoms. The molecule has 0 aliphatic carbocycles. The van der Waals surface area contributed by atoms with Crippen LogP contribution in [-0.4, -0.2) is 24.6 Å². The van der Waals surface area contributed by atoms with Gasteiger partial charge in [0.25, 0.3) is 0 Å². The van der Waals surface area contributed by atoms with Crippen molar-refractivity contribution in [3.8, 4) is 5.75 Å². The van der Waals surface area contributed by atoms with Crippen LogP contribution in [0.3, 0.4) is 0 Å². The summed E-state index contributed by atoms with van der Waals surface area (Å²) in [5.74, 6) is 0.859. The Hall–Kier alpha value is -1.62. The Balaban J connectivity index is 2.73. The lowest BCUT2D eigenvalue weighted by molar-refractivity contribution is -0.385. The highest BCUT2D eigenvalue weighted by Gasteiger charge is 2.17. The van der Waals surface area contributed by atoms with Gasteiger partial charge in [-0.2, -0.15) is 0 Å². The molecule has 0 heterocycles. The van der Waals surface area contributed by atoms with E-state index in [1.807, 2.05) is 6.07 Å². The summed E-state index contributed by atoms with van der Waals surface area (Å²) in [7, 11) is 1.45. The number of aryl methyl sites for hydroxylation is 1. The van der Waals surface area contributed by atoms with Gasteiger partial charge in [-0.15, -0.1) is 0 Å². The van der Waals surface area contributed by atoms with E-state index in [0.29, 0.717) is 17.7 Å². The largest absolute Gasteiger partial charge is 0.490 e.